The SMILES string of the molecule is CCCc1cc(OC)c(OC(CC)c2cc(OC)c(O)c(OC)c2)c(OC)c1. The van der Waals surface area contributed by atoms with Crippen LogP contribution in [0.2, 0.25) is 0 Å². The Bertz CT molecular complexity index is 737. The molecule has 0 fully saturated rings. The van der Waals surface area contributed by atoms with E-state index in [-0.39, 0.29) is 11.9 Å². The van der Waals surface area contributed by atoms with Crippen molar-refractivity contribution < 1.29 is 28.8 Å². The lowest BCUT2D eigenvalue weighted by Crippen LogP contribution is -2.09. The standard InChI is InChI=1S/C22H30O6/c1-7-9-14-10-19(26-5)22(20(11-14)27-6)28-16(8-2)15-12-17(24-3)21(23)18(13-15)25-4/h10-13,16,23H,7-9H2,1-6H3. The molecular formula is C22H30O6. The van der Waals surface area contributed by atoms with E-state index < -0.39 is 0 Å². The predicted octanol–water partition coefficient (Wildman–Crippen LogP) is 4.91. The molecule has 0 saturated carbocycles. The van der Waals surface area contributed by atoms with Gasteiger partial charge in [0.15, 0.2) is 23.0 Å². The molecule has 6 nitrogen and oxygen atoms in total. The van der Waals surface area contributed by atoms with Crippen LogP contribution in [0.25, 0.3) is 0 Å². The molecule has 0 aliphatic heterocycles. The van der Waals surface area contributed by atoms with Gasteiger partial charge in [-0.05, 0) is 48.2 Å². The van der Waals surface area contributed by atoms with Gasteiger partial charge in [0.2, 0.25) is 11.5 Å². The quantitative estimate of drug-likeness (QED) is 0.622. The van der Waals surface area contributed by atoms with Crippen molar-refractivity contribution in [1.82, 2.24) is 0 Å². The first-order valence-electron chi connectivity index (χ1n) is 9.39. The second kappa shape index (κ2) is 9.97. The summed E-state index contributed by atoms with van der Waals surface area (Å²) in [4.78, 5) is 0. The minimum atomic E-state index is -0.316. The van der Waals surface area contributed by atoms with Gasteiger partial charge in [-0.3, -0.25) is 0 Å². The van der Waals surface area contributed by atoms with E-state index in [9.17, 15) is 5.11 Å². The molecule has 2 aromatic carbocycles. The summed E-state index contributed by atoms with van der Waals surface area (Å²) in [6.07, 6.45) is 2.32. The molecule has 0 aromatic heterocycles. The Morgan fingerprint density at radius 1 is 0.786 bits per heavy atom. The molecule has 1 unspecified atom stereocenters. The number of aryl methyl sites for hydroxylation is 1. The summed E-state index contributed by atoms with van der Waals surface area (Å²) >= 11 is 0. The van der Waals surface area contributed by atoms with Gasteiger partial charge in [0, 0.05) is 0 Å². The van der Waals surface area contributed by atoms with E-state index in [1.807, 2.05) is 19.1 Å². The van der Waals surface area contributed by atoms with E-state index in [1.165, 1.54) is 14.2 Å². The topological polar surface area (TPSA) is 66.4 Å². The number of phenolic OH excluding ortho intramolecular Hbond substituents is 1. The fourth-order valence-corrected chi connectivity index (χ4v) is 3.11. The molecule has 0 aliphatic carbocycles. The number of benzene rings is 2. The molecule has 2 rings (SSSR count). The highest BCUT2D eigenvalue weighted by molar-refractivity contribution is 5.56. The van der Waals surface area contributed by atoms with Gasteiger partial charge in [0.25, 0.3) is 0 Å². The minimum Gasteiger partial charge on any atom is -0.502 e. The smallest absolute Gasteiger partial charge is 0.204 e. The van der Waals surface area contributed by atoms with Crippen molar-refractivity contribution in [3.05, 3.63) is 35.4 Å². The van der Waals surface area contributed by atoms with E-state index in [1.54, 1.807) is 26.4 Å². The van der Waals surface area contributed by atoms with Gasteiger partial charge in [-0.25, -0.2) is 0 Å². The molecule has 154 valence electrons. The van der Waals surface area contributed by atoms with Crippen molar-refractivity contribution in [2.75, 3.05) is 28.4 Å². The summed E-state index contributed by atoms with van der Waals surface area (Å²) in [6.45, 7) is 4.14. The monoisotopic (exact) mass is 390 g/mol. The van der Waals surface area contributed by atoms with Crippen LogP contribution in [0.3, 0.4) is 0 Å². The molecule has 0 aliphatic rings. The number of rotatable bonds is 10. The van der Waals surface area contributed by atoms with E-state index in [0.29, 0.717) is 35.2 Å². The van der Waals surface area contributed by atoms with Gasteiger partial charge in [0.1, 0.15) is 6.10 Å². The summed E-state index contributed by atoms with van der Waals surface area (Å²) < 4.78 is 28.0. The number of hydrogen-bond donors (Lipinski definition) is 1. The minimum absolute atomic E-state index is 0.0392. The Labute approximate surface area is 166 Å². The number of phenols is 1. The zero-order valence-electron chi connectivity index (χ0n) is 17.5. The Kier molecular flexibility index (Phi) is 7.67. The van der Waals surface area contributed by atoms with Crippen LogP contribution in [0.4, 0.5) is 0 Å². The molecule has 0 bridgehead atoms. The van der Waals surface area contributed by atoms with Crippen LogP contribution >= 0.6 is 0 Å². The van der Waals surface area contributed by atoms with Gasteiger partial charge in [0.05, 0.1) is 28.4 Å². The van der Waals surface area contributed by atoms with Gasteiger partial charge in [-0.2, -0.15) is 0 Å². The summed E-state index contributed by atoms with van der Waals surface area (Å²) in [6, 6.07) is 7.45. The highest BCUT2D eigenvalue weighted by Crippen LogP contribution is 2.44. The molecule has 0 spiro atoms. The van der Waals surface area contributed by atoms with E-state index in [2.05, 4.69) is 6.92 Å². The number of aromatic hydroxyl groups is 1. The average molecular weight is 390 g/mol. The van der Waals surface area contributed by atoms with Crippen LogP contribution in [0.1, 0.15) is 43.9 Å². The Morgan fingerprint density at radius 3 is 1.68 bits per heavy atom. The van der Waals surface area contributed by atoms with Gasteiger partial charge in [-0.15, -0.1) is 0 Å². The summed E-state index contributed by atoms with van der Waals surface area (Å²) in [5.41, 5.74) is 1.94. The van der Waals surface area contributed by atoms with E-state index >= 15 is 0 Å². The average Bonchev–Trinajstić information content (AvgIpc) is 2.72. The molecule has 1 atom stereocenters. The predicted molar refractivity (Wildman–Crippen MR) is 108 cm³/mol. The summed E-state index contributed by atoms with van der Waals surface area (Å²) in [7, 11) is 6.23. The summed E-state index contributed by atoms with van der Waals surface area (Å²) in [5, 5.41) is 10.2. The molecule has 0 saturated heterocycles. The maximum atomic E-state index is 10.2. The first kappa shape index (κ1) is 21.5. The molecule has 6 heteroatoms. The maximum Gasteiger partial charge on any atom is 0.204 e. The van der Waals surface area contributed by atoms with Gasteiger partial charge < -0.3 is 28.8 Å². The molecule has 0 amide bonds. The van der Waals surface area contributed by atoms with Crippen LogP contribution in [-0.4, -0.2) is 33.5 Å². The third-order valence-corrected chi connectivity index (χ3v) is 4.56. The third-order valence-electron chi connectivity index (χ3n) is 4.56. The maximum absolute atomic E-state index is 10.2. The van der Waals surface area contributed by atoms with Crippen LogP contribution in [-0.2, 0) is 6.42 Å². The van der Waals surface area contributed by atoms with Crippen LogP contribution in [0.5, 0.6) is 34.5 Å². The number of hydrogen-bond acceptors (Lipinski definition) is 6. The van der Waals surface area contributed by atoms with Crippen molar-refractivity contribution in [2.24, 2.45) is 0 Å². The van der Waals surface area contributed by atoms with E-state index in [0.717, 1.165) is 24.0 Å². The Morgan fingerprint density at radius 2 is 1.29 bits per heavy atom. The fourth-order valence-electron chi connectivity index (χ4n) is 3.11. The lowest BCUT2D eigenvalue weighted by atomic mass is 10.0. The van der Waals surface area contributed by atoms with Crippen molar-refractivity contribution in [2.45, 2.75) is 39.2 Å². The molecule has 0 radical (unpaired) electrons. The van der Waals surface area contributed by atoms with Crippen LogP contribution < -0.4 is 23.7 Å². The van der Waals surface area contributed by atoms with E-state index in [4.69, 9.17) is 23.7 Å². The highest BCUT2D eigenvalue weighted by Gasteiger charge is 2.22. The lowest BCUT2D eigenvalue weighted by Gasteiger charge is -2.23. The van der Waals surface area contributed by atoms with Gasteiger partial charge >= 0.3 is 0 Å². The molecule has 1 N–H and O–H groups in total. The largest absolute Gasteiger partial charge is 0.502 e. The highest BCUT2D eigenvalue weighted by atomic mass is 16.5. The molecule has 28 heavy (non-hydrogen) atoms. The first-order chi connectivity index (χ1) is 13.5. The fraction of sp³-hybridized carbons (Fsp3) is 0.455. The zero-order valence-corrected chi connectivity index (χ0v) is 17.5. The van der Waals surface area contributed by atoms with Crippen molar-refractivity contribution in [3.63, 3.8) is 0 Å². The van der Waals surface area contributed by atoms with Crippen molar-refractivity contribution >= 4 is 0 Å². The second-order valence-electron chi connectivity index (χ2n) is 6.37. The Hall–Kier alpha value is -2.76. The third kappa shape index (κ3) is 4.55. The number of methoxy groups -OCH3 is 4. The molecule has 0 heterocycles. The number of ether oxygens (including phenoxy) is 5. The second-order valence-corrected chi connectivity index (χ2v) is 6.37. The lowest BCUT2D eigenvalue weighted by molar-refractivity contribution is 0.182. The molecular weight excluding hydrogens is 360 g/mol. The summed E-state index contributed by atoms with van der Waals surface area (Å²) in [5.74, 6) is 2.41. The van der Waals surface area contributed by atoms with Crippen molar-refractivity contribution in [1.29, 1.82) is 0 Å². The van der Waals surface area contributed by atoms with Crippen LogP contribution in [0.15, 0.2) is 24.3 Å². The normalized spacial score (nSPS) is 11.6. The zero-order chi connectivity index (χ0) is 20.7. The van der Waals surface area contributed by atoms with Crippen molar-refractivity contribution in [3.8, 4) is 34.5 Å². The van der Waals surface area contributed by atoms with Gasteiger partial charge in [-0.1, -0.05) is 20.3 Å². The van der Waals surface area contributed by atoms with Crippen LogP contribution in [0, 0.1) is 0 Å². The first-order valence-corrected chi connectivity index (χ1v) is 9.39. The Balaban J connectivity index is 2.47. The molecule has 2 aromatic rings.